The van der Waals surface area contributed by atoms with E-state index in [1.165, 1.54) is 0 Å². The number of hydrogen-bond donors (Lipinski definition) is 0. The van der Waals surface area contributed by atoms with E-state index in [0.29, 0.717) is 18.5 Å². The lowest BCUT2D eigenvalue weighted by molar-refractivity contribution is 0.153. The quantitative estimate of drug-likeness (QED) is 0.752. The van der Waals surface area contributed by atoms with Crippen molar-refractivity contribution in [3.8, 4) is 11.3 Å². The molecular weight excluding hydrogens is 354 g/mol. The van der Waals surface area contributed by atoms with Crippen LogP contribution in [0.15, 0.2) is 36.5 Å². The van der Waals surface area contributed by atoms with Crippen molar-refractivity contribution >= 4 is 22.1 Å². The van der Waals surface area contributed by atoms with Crippen LogP contribution in [-0.4, -0.2) is 46.0 Å². The predicted octanol–water partition coefficient (Wildman–Crippen LogP) is 2.83. The molecule has 0 unspecified atom stereocenters. The lowest BCUT2D eigenvalue weighted by atomic mass is 10.2. The Morgan fingerprint density at radius 1 is 1.16 bits per heavy atom. The molecule has 7 heteroatoms. The third-order valence-corrected chi connectivity index (χ3v) is 7.51. The van der Waals surface area contributed by atoms with Gasteiger partial charge in [-0.1, -0.05) is 30.3 Å². The van der Waals surface area contributed by atoms with Crippen LogP contribution in [0.2, 0.25) is 0 Å². The Hall–Kier alpha value is -1.44. The highest BCUT2D eigenvalue weighted by atomic mass is 32.2. The first kappa shape index (κ1) is 17.0. The van der Waals surface area contributed by atoms with Gasteiger partial charge in [0.25, 0.3) is 0 Å². The summed E-state index contributed by atoms with van der Waals surface area (Å²) >= 11 is 5.64. The fourth-order valence-electron chi connectivity index (χ4n) is 3.71. The molecule has 0 radical (unpaired) electrons. The molecule has 4 rings (SSSR count). The molecule has 1 saturated heterocycles. The first-order valence-electron chi connectivity index (χ1n) is 8.72. The normalized spacial score (nSPS) is 22.6. The van der Waals surface area contributed by atoms with Crippen molar-refractivity contribution in [3.63, 3.8) is 0 Å². The molecule has 5 nitrogen and oxygen atoms in total. The van der Waals surface area contributed by atoms with E-state index < -0.39 is 9.84 Å². The van der Waals surface area contributed by atoms with Crippen LogP contribution in [0.4, 0.5) is 0 Å². The van der Waals surface area contributed by atoms with Gasteiger partial charge in [0.05, 0.1) is 23.9 Å². The number of hydrogen-bond acceptors (Lipinski definition) is 4. The highest BCUT2D eigenvalue weighted by Gasteiger charge is 2.39. The second-order valence-corrected chi connectivity index (χ2v) is 9.73. The van der Waals surface area contributed by atoms with Crippen molar-refractivity contribution in [1.82, 2.24) is 14.0 Å². The highest BCUT2D eigenvalue weighted by Crippen LogP contribution is 2.33. The van der Waals surface area contributed by atoms with Crippen molar-refractivity contribution in [3.05, 3.63) is 41.3 Å². The van der Waals surface area contributed by atoms with Crippen LogP contribution in [0, 0.1) is 4.77 Å². The fraction of sp³-hybridized carbons (Fsp3) is 0.500. The lowest BCUT2D eigenvalue weighted by Crippen LogP contribution is -2.39. The molecule has 2 aliphatic rings. The Balaban J connectivity index is 1.62. The molecule has 0 amide bonds. The molecule has 0 bridgehead atoms. The topological polar surface area (TPSA) is 47.2 Å². The molecular formula is C18H23N3O2S2. The van der Waals surface area contributed by atoms with Gasteiger partial charge in [-0.05, 0) is 37.0 Å². The molecule has 1 aliphatic heterocycles. The minimum absolute atomic E-state index is 0.125. The molecule has 1 saturated carbocycles. The zero-order valence-electron chi connectivity index (χ0n) is 14.3. The molecule has 134 valence electrons. The average molecular weight is 378 g/mol. The first-order valence-corrected chi connectivity index (χ1v) is 11.0. The molecule has 1 atom stereocenters. The standard InChI is InChI=1S/C18H23N3O2S2/c1-19-17(14-5-3-2-4-6-14)11-20(18(19)24)13-21(15-7-8-15)16-9-10-25(22,23)12-16/h2-6,11,15-16H,7-10,12-13H2,1H3/t16-/m1/s1. The van der Waals surface area contributed by atoms with E-state index in [1.807, 2.05) is 29.8 Å². The molecule has 0 spiro atoms. The summed E-state index contributed by atoms with van der Waals surface area (Å²) in [6.45, 7) is 0.671. The summed E-state index contributed by atoms with van der Waals surface area (Å²) in [6, 6.07) is 10.8. The van der Waals surface area contributed by atoms with Crippen LogP contribution >= 0.6 is 12.2 Å². The Kier molecular flexibility index (Phi) is 4.33. The van der Waals surface area contributed by atoms with Crippen LogP contribution in [0.3, 0.4) is 0 Å². The number of sulfone groups is 1. The van der Waals surface area contributed by atoms with Gasteiger partial charge in [-0.2, -0.15) is 0 Å². The van der Waals surface area contributed by atoms with E-state index in [4.69, 9.17) is 12.2 Å². The zero-order chi connectivity index (χ0) is 17.6. The predicted molar refractivity (Wildman–Crippen MR) is 102 cm³/mol. The SMILES string of the molecule is Cn1c(-c2ccccc2)cn(CN(C2CC2)[C@@H]2CCS(=O)(=O)C2)c1=S. The van der Waals surface area contributed by atoms with Crippen molar-refractivity contribution < 1.29 is 8.42 Å². The van der Waals surface area contributed by atoms with Crippen LogP contribution < -0.4 is 0 Å². The molecule has 2 fully saturated rings. The number of aromatic nitrogens is 2. The summed E-state index contributed by atoms with van der Waals surface area (Å²) in [7, 11) is -0.888. The molecule has 2 heterocycles. The van der Waals surface area contributed by atoms with Gasteiger partial charge >= 0.3 is 0 Å². The van der Waals surface area contributed by atoms with Gasteiger partial charge < -0.3 is 9.13 Å². The Bertz CT molecular complexity index is 927. The first-order chi connectivity index (χ1) is 11.9. The average Bonchev–Trinajstić information content (AvgIpc) is 3.32. The monoisotopic (exact) mass is 377 g/mol. The van der Waals surface area contributed by atoms with Gasteiger partial charge in [0.1, 0.15) is 0 Å². The summed E-state index contributed by atoms with van der Waals surface area (Å²) in [6.07, 6.45) is 5.14. The van der Waals surface area contributed by atoms with E-state index in [-0.39, 0.29) is 11.8 Å². The maximum absolute atomic E-state index is 11.9. The number of rotatable bonds is 5. The number of benzene rings is 1. The minimum atomic E-state index is -2.88. The van der Waals surface area contributed by atoms with Gasteiger partial charge in [-0.15, -0.1) is 0 Å². The number of nitrogens with zero attached hydrogens (tertiary/aromatic N) is 3. The summed E-state index contributed by atoms with van der Waals surface area (Å²) in [4.78, 5) is 2.36. The van der Waals surface area contributed by atoms with Gasteiger partial charge in [0, 0.05) is 25.3 Å². The van der Waals surface area contributed by atoms with Crippen molar-refractivity contribution in [2.45, 2.75) is 38.0 Å². The summed E-state index contributed by atoms with van der Waals surface area (Å²) in [5.41, 5.74) is 2.22. The lowest BCUT2D eigenvalue weighted by Gasteiger charge is -2.28. The van der Waals surface area contributed by atoms with Crippen molar-refractivity contribution in [1.29, 1.82) is 0 Å². The zero-order valence-corrected chi connectivity index (χ0v) is 16.0. The smallest absolute Gasteiger partial charge is 0.181 e. The third-order valence-electron chi connectivity index (χ3n) is 5.25. The Morgan fingerprint density at radius 3 is 2.48 bits per heavy atom. The molecule has 1 aromatic heterocycles. The van der Waals surface area contributed by atoms with E-state index in [0.717, 1.165) is 35.3 Å². The number of imidazole rings is 1. The van der Waals surface area contributed by atoms with Gasteiger partial charge in [-0.3, -0.25) is 4.90 Å². The maximum Gasteiger partial charge on any atom is 0.181 e. The fourth-order valence-corrected chi connectivity index (χ4v) is 5.66. The Morgan fingerprint density at radius 2 is 1.88 bits per heavy atom. The largest absolute Gasteiger partial charge is 0.320 e. The van der Waals surface area contributed by atoms with Crippen LogP contribution in [0.5, 0.6) is 0 Å². The van der Waals surface area contributed by atoms with Gasteiger partial charge in [0.2, 0.25) is 0 Å². The van der Waals surface area contributed by atoms with Crippen molar-refractivity contribution in [2.75, 3.05) is 11.5 Å². The highest BCUT2D eigenvalue weighted by molar-refractivity contribution is 7.91. The van der Waals surface area contributed by atoms with E-state index >= 15 is 0 Å². The van der Waals surface area contributed by atoms with E-state index in [1.54, 1.807) is 0 Å². The summed E-state index contributed by atoms with van der Waals surface area (Å²) in [5.74, 6) is 0.603. The van der Waals surface area contributed by atoms with Crippen LogP contribution in [0.25, 0.3) is 11.3 Å². The van der Waals surface area contributed by atoms with Crippen molar-refractivity contribution in [2.24, 2.45) is 7.05 Å². The summed E-state index contributed by atoms with van der Waals surface area (Å²) in [5, 5.41) is 0. The van der Waals surface area contributed by atoms with E-state index in [2.05, 4.69) is 27.8 Å². The summed E-state index contributed by atoms with van der Waals surface area (Å²) < 4.78 is 28.7. The minimum Gasteiger partial charge on any atom is -0.320 e. The molecule has 1 aromatic carbocycles. The maximum atomic E-state index is 11.9. The van der Waals surface area contributed by atoms with Crippen LogP contribution in [0.1, 0.15) is 19.3 Å². The Labute approximate surface area is 153 Å². The van der Waals surface area contributed by atoms with Gasteiger partial charge in [0.15, 0.2) is 14.6 Å². The van der Waals surface area contributed by atoms with Gasteiger partial charge in [-0.25, -0.2) is 8.42 Å². The second kappa shape index (κ2) is 6.37. The molecule has 25 heavy (non-hydrogen) atoms. The molecule has 2 aromatic rings. The molecule has 0 N–H and O–H groups in total. The third kappa shape index (κ3) is 3.45. The van der Waals surface area contributed by atoms with Crippen LogP contribution in [-0.2, 0) is 23.6 Å². The second-order valence-electron chi connectivity index (χ2n) is 7.14. The van der Waals surface area contributed by atoms with E-state index in [9.17, 15) is 8.42 Å². The molecule has 1 aliphatic carbocycles.